The lowest BCUT2D eigenvalue weighted by Gasteiger charge is -2.32. The number of anilines is 3. The maximum absolute atomic E-state index is 12.3. The van der Waals surface area contributed by atoms with Crippen molar-refractivity contribution >= 4 is 108 Å². The maximum atomic E-state index is 12.3. The summed E-state index contributed by atoms with van der Waals surface area (Å²) < 4.78 is 41.8. The van der Waals surface area contributed by atoms with Gasteiger partial charge in [0.05, 0.1) is 68.1 Å². The maximum Gasteiger partial charge on any atom is 0.496 e. The largest absolute Gasteiger partial charge is 0.496 e. The van der Waals surface area contributed by atoms with Crippen molar-refractivity contribution in [1.29, 1.82) is 0 Å². The summed E-state index contributed by atoms with van der Waals surface area (Å²) in [5, 5.41) is 8.87. The van der Waals surface area contributed by atoms with Crippen LogP contribution in [0.1, 0.15) is 83.1 Å². The van der Waals surface area contributed by atoms with Crippen LogP contribution in [-0.2, 0) is 18.8 Å². The van der Waals surface area contributed by atoms with E-state index >= 15 is 0 Å². The lowest BCUT2D eigenvalue weighted by Crippen LogP contribution is -2.41. The summed E-state index contributed by atoms with van der Waals surface area (Å²) in [5.41, 5.74) is 10.3. The smallest absolute Gasteiger partial charge is 0.444 e. The highest BCUT2D eigenvalue weighted by molar-refractivity contribution is 9.10. The Hall–Kier alpha value is -9.31. The molecule has 6 aromatic heterocycles. The van der Waals surface area contributed by atoms with Crippen LogP contribution in [0.5, 0.6) is 0 Å². The number of nitrogens with zero attached hydrogens (tertiary/aromatic N) is 9. The number of para-hydroxylation sites is 9. The number of hydrogen-bond acceptors (Lipinski definition) is 13. The van der Waals surface area contributed by atoms with Crippen molar-refractivity contribution in [1.82, 2.24) is 43.1 Å². The molecule has 1 fully saturated rings. The van der Waals surface area contributed by atoms with Gasteiger partial charge in [0.25, 0.3) is 0 Å². The van der Waals surface area contributed by atoms with Crippen molar-refractivity contribution in [3.63, 3.8) is 0 Å². The molecule has 0 saturated carbocycles. The molecule has 13 rings (SSSR count). The van der Waals surface area contributed by atoms with Gasteiger partial charge in [0.2, 0.25) is 17.3 Å². The second-order valence-corrected chi connectivity index (χ2v) is 24.5. The molecule has 0 radical (unpaired) electrons. The van der Waals surface area contributed by atoms with E-state index in [2.05, 4.69) is 56.8 Å². The second-order valence-electron chi connectivity index (χ2n) is 23.7. The van der Waals surface area contributed by atoms with Gasteiger partial charge in [-0.15, -0.1) is 0 Å². The van der Waals surface area contributed by atoms with E-state index in [0.29, 0.717) is 35.9 Å². The van der Waals surface area contributed by atoms with E-state index in [1.54, 1.807) is 0 Å². The van der Waals surface area contributed by atoms with Crippen LogP contribution >= 0.6 is 15.9 Å². The van der Waals surface area contributed by atoms with Crippen molar-refractivity contribution in [2.75, 3.05) is 29.2 Å². The average Bonchev–Trinajstić information content (AvgIpc) is 1.90. The fourth-order valence-corrected chi connectivity index (χ4v) is 9.78. The molecule has 0 aliphatic carbocycles. The molecule has 1 aliphatic rings. The summed E-state index contributed by atoms with van der Waals surface area (Å²) in [6, 6.07) is 52.5. The van der Waals surface area contributed by atoms with E-state index in [0.717, 1.165) is 77.1 Å². The quantitative estimate of drug-likeness (QED) is 0.0702. The summed E-state index contributed by atoms with van der Waals surface area (Å²) in [5.74, 6) is 2.01. The number of fused-ring (bicyclic) bond motifs is 9. The van der Waals surface area contributed by atoms with Crippen molar-refractivity contribution in [2.24, 2.45) is 0 Å². The molecule has 1 aliphatic heterocycles. The highest BCUT2D eigenvalue weighted by Gasteiger charge is 2.52. The Morgan fingerprint density at radius 3 is 1.37 bits per heavy atom. The highest BCUT2D eigenvalue weighted by atomic mass is 79.9. The third-order valence-corrected chi connectivity index (χ3v) is 14.7. The first-order valence-electron chi connectivity index (χ1n) is 28.8. The number of ether oxygens (including phenoxy) is 2. The summed E-state index contributed by atoms with van der Waals surface area (Å²) in [6.07, 6.45) is 5.39. The van der Waals surface area contributed by atoms with Gasteiger partial charge in [-0.25, -0.2) is 39.5 Å². The topological polar surface area (TPSA) is 198 Å². The summed E-state index contributed by atoms with van der Waals surface area (Å²) in [7, 11) is -0.536. The molecule has 6 aromatic carbocycles. The van der Waals surface area contributed by atoms with Crippen LogP contribution in [0.25, 0.3) is 72.9 Å². The molecule has 3 N–H and O–H groups in total. The Morgan fingerprint density at radius 2 is 0.899 bits per heavy atom. The van der Waals surface area contributed by atoms with Crippen LogP contribution in [-0.4, -0.2) is 98.0 Å². The standard InChI is InChI=1S/C21H20N4O2.C19H17FN4.C17H26BNO4.C10H6BrN3.CH4/c1-21(2,3)27-20(26)24-15-9-5-4-8-14(15)16-12-13-25-18-11-7-6-10-17(18)23-19(25)22-16;20-11-5-12-21-15-7-2-1-6-14(15)16-10-13-24-18-9-4-3-8-17(18)23-19(24)22-16;1-15(2,3)21-14(20)19-13-11-9-8-10-12(13)18-22-16(4,5)17(6,7)23-18;11-9-5-6-14-8-4-2-1-3-7(8)12-10(14)13-9;/h4-13H,1-3H3,(H,24,26);1-4,6-10,13,21H,5,11-12H2;8-11H,1-7H3,(H,19,20);1-6H;1H4. The number of rotatable bonds is 9. The normalized spacial score (nSPS) is 13.4. The first-order chi connectivity index (χ1) is 42.0. The molecule has 21 heteroatoms. The average molecular weight is 1260 g/mol. The van der Waals surface area contributed by atoms with Gasteiger partial charge in [-0.3, -0.25) is 28.2 Å². The third-order valence-electron chi connectivity index (χ3n) is 14.3. The fourth-order valence-electron chi connectivity index (χ4n) is 9.50. The lowest BCUT2D eigenvalue weighted by molar-refractivity contribution is 0.00578. The van der Waals surface area contributed by atoms with Gasteiger partial charge < -0.3 is 24.1 Å². The van der Waals surface area contributed by atoms with Crippen LogP contribution in [0.2, 0.25) is 0 Å². The van der Waals surface area contributed by atoms with Crippen molar-refractivity contribution in [2.45, 2.75) is 105 Å². The Balaban J connectivity index is 0.000000143. The Bertz CT molecular complexity index is 4450. The summed E-state index contributed by atoms with van der Waals surface area (Å²) >= 11 is 3.33. The number of aromatic nitrogens is 9. The molecule has 0 unspecified atom stereocenters. The minimum atomic E-state index is -0.563. The molecule has 0 atom stereocenters. The number of benzene rings is 6. The minimum Gasteiger partial charge on any atom is -0.444 e. The second kappa shape index (κ2) is 27.0. The summed E-state index contributed by atoms with van der Waals surface area (Å²) in [4.78, 5) is 51.4. The van der Waals surface area contributed by atoms with E-state index in [9.17, 15) is 14.0 Å². The number of halogens is 2. The number of carbonyl (C=O) groups is 2. The third kappa shape index (κ3) is 15.3. The number of imidazole rings is 3. The van der Waals surface area contributed by atoms with Gasteiger partial charge in [0, 0.05) is 53.1 Å². The highest BCUT2D eigenvalue weighted by Crippen LogP contribution is 2.37. The predicted molar refractivity (Wildman–Crippen MR) is 358 cm³/mol. The van der Waals surface area contributed by atoms with Gasteiger partial charge in [0.15, 0.2) is 0 Å². The SMILES string of the molecule is Brc1ccn2c(n1)nc1ccccc12.C.CC(C)(C)OC(=O)Nc1ccccc1-c1ccn2c(n1)nc1ccccc12.CC(C)(C)OC(=O)Nc1ccccc1B1OC(C)(C)C(C)(C)O1.FCCCNc1ccccc1-c1ccn2c(n1)nc1ccccc12. The van der Waals surface area contributed by atoms with E-state index in [-0.39, 0.29) is 14.1 Å². The van der Waals surface area contributed by atoms with Crippen molar-refractivity contribution in [3.8, 4) is 22.5 Å². The number of alkyl halides is 1. The molecule has 1 saturated heterocycles. The van der Waals surface area contributed by atoms with E-state index in [4.69, 9.17) is 23.8 Å². The molecule has 7 heterocycles. The van der Waals surface area contributed by atoms with Crippen LogP contribution in [0.3, 0.4) is 0 Å². The molecular formula is C68H73BBrFN12O6. The lowest BCUT2D eigenvalue weighted by atomic mass is 9.78. The van der Waals surface area contributed by atoms with Gasteiger partial charge in [-0.2, -0.15) is 0 Å². The molecule has 2 amide bonds. The zero-order valence-electron chi connectivity index (χ0n) is 50.7. The Labute approximate surface area is 525 Å². The van der Waals surface area contributed by atoms with Crippen LogP contribution in [0, 0.1) is 0 Å². The first-order valence-corrected chi connectivity index (χ1v) is 29.6. The van der Waals surface area contributed by atoms with Gasteiger partial charge in [0.1, 0.15) is 15.8 Å². The van der Waals surface area contributed by atoms with Crippen LogP contribution < -0.4 is 21.4 Å². The van der Waals surface area contributed by atoms with Crippen LogP contribution in [0.4, 0.5) is 31.0 Å². The minimum absolute atomic E-state index is 0. The number of hydrogen-bond donors (Lipinski definition) is 3. The molecule has 18 nitrogen and oxygen atoms in total. The number of amides is 2. The monoisotopic (exact) mass is 1260 g/mol. The van der Waals surface area contributed by atoms with E-state index in [1.165, 1.54) is 0 Å². The zero-order chi connectivity index (χ0) is 62.4. The summed E-state index contributed by atoms with van der Waals surface area (Å²) in [6.45, 7) is 19.2. The van der Waals surface area contributed by atoms with E-state index in [1.807, 2.05) is 265 Å². The number of carbonyl (C=O) groups excluding carboxylic acids is 2. The molecule has 12 aromatic rings. The van der Waals surface area contributed by atoms with Gasteiger partial charge >= 0.3 is 19.3 Å². The van der Waals surface area contributed by atoms with Crippen molar-refractivity contribution in [3.05, 3.63) is 187 Å². The van der Waals surface area contributed by atoms with Gasteiger partial charge in [-0.05, 0) is 164 Å². The fraction of sp³-hybridized carbons (Fsp3) is 0.265. The van der Waals surface area contributed by atoms with E-state index < -0.39 is 41.7 Å². The molecule has 0 bridgehead atoms. The number of nitrogens with one attached hydrogen (secondary N) is 3. The predicted octanol–water partition coefficient (Wildman–Crippen LogP) is 15.8. The van der Waals surface area contributed by atoms with Crippen LogP contribution in [0.15, 0.2) is 187 Å². The Morgan fingerprint density at radius 1 is 0.517 bits per heavy atom. The molecule has 89 heavy (non-hydrogen) atoms. The molecule has 0 spiro atoms. The molecule has 458 valence electrons. The Kier molecular flexibility index (Phi) is 19.5. The van der Waals surface area contributed by atoms with Gasteiger partial charge in [-0.1, -0.05) is 98.4 Å². The van der Waals surface area contributed by atoms with Crippen molar-refractivity contribution < 1.29 is 32.8 Å². The molecular weight excluding hydrogens is 1190 g/mol. The zero-order valence-corrected chi connectivity index (χ0v) is 52.3. The first kappa shape index (κ1) is 64.2.